The van der Waals surface area contributed by atoms with Crippen molar-refractivity contribution in [2.75, 3.05) is 26.7 Å². The lowest BCUT2D eigenvalue weighted by atomic mass is 10.1. The minimum Gasteiger partial charge on any atom is -0.496 e. The standard InChI is InChI=1S/C17H26N2O/c1-3-9-18-13-16-8-7-15(12-17(16)20-2)14-19-10-5-4-6-11-19/h3,7-8,12,18H,1,4-6,9-11,13-14H2,2H3. The van der Waals surface area contributed by atoms with E-state index in [1.807, 2.05) is 6.08 Å². The van der Waals surface area contributed by atoms with E-state index in [4.69, 9.17) is 4.74 Å². The second kappa shape index (κ2) is 8.08. The molecule has 0 radical (unpaired) electrons. The first-order valence-electron chi connectivity index (χ1n) is 7.53. The van der Waals surface area contributed by atoms with Crippen LogP contribution in [0, 0.1) is 0 Å². The summed E-state index contributed by atoms with van der Waals surface area (Å²) in [5.41, 5.74) is 2.55. The average Bonchev–Trinajstić information content (AvgIpc) is 2.50. The van der Waals surface area contributed by atoms with Crippen molar-refractivity contribution < 1.29 is 4.74 Å². The summed E-state index contributed by atoms with van der Waals surface area (Å²) in [4.78, 5) is 2.54. The molecule has 1 N–H and O–H groups in total. The fourth-order valence-electron chi connectivity index (χ4n) is 2.72. The summed E-state index contributed by atoms with van der Waals surface area (Å²) in [5, 5.41) is 3.32. The number of hydrogen-bond donors (Lipinski definition) is 1. The van der Waals surface area contributed by atoms with Crippen LogP contribution in [0.5, 0.6) is 5.75 Å². The van der Waals surface area contributed by atoms with E-state index >= 15 is 0 Å². The maximum Gasteiger partial charge on any atom is 0.123 e. The second-order valence-corrected chi connectivity index (χ2v) is 5.40. The lowest BCUT2D eigenvalue weighted by Gasteiger charge is -2.26. The van der Waals surface area contributed by atoms with Crippen LogP contribution in [0.25, 0.3) is 0 Å². The summed E-state index contributed by atoms with van der Waals surface area (Å²) >= 11 is 0. The molecule has 0 atom stereocenters. The highest BCUT2D eigenvalue weighted by molar-refractivity contribution is 5.37. The average molecular weight is 274 g/mol. The molecule has 0 bridgehead atoms. The first kappa shape index (κ1) is 15.1. The van der Waals surface area contributed by atoms with Gasteiger partial charge in [0.15, 0.2) is 0 Å². The normalized spacial score (nSPS) is 16.1. The van der Waals surface area contributed by atoms with Crippen LogP contribution in [0.2, 0.25) is 0 Å². The van der Waals surface area contributed by atoms with Gasteiger partial charge in [0, 0.05) is 25.2 Å². The van der Waals surface area contributed by atoms with Crippen molar-refractivity contribution in [2.24, 2.45) is 0 Å². The first-order chi connectivity index (χ1) is 9.83. The summed E-state index contributed by atoms with van der Waals surface area (Å²) in [6, 6.07) is 6.58. The molecule has 1 aromatic carbocycles. The molecule has 3 nitrogen and oxygen atoms in total. The zero-order valence-corrected chi connectivity index (χ0v) is 12.5. The van der Waals surface area contributed by atoms with E-state index in [0.29, 0.717) is 0 Å². The molecule has 0 amide bonds. The zero-order chi connectivity index (χ0) is 14.2. The highest BCUT2D eigenvalue weighted by atomic mass is 16.5. The van der Waals surface area contributed by atoms with Crippen molar-refractivity contribution in [3.8, 4) is 5.75 Å². The third kappa shape index (κ3) is 4.36. The number of hydrogen-bond acceptors (Lipinski definition) is 3. The van der Waals surface area contributed by atoms with Gasteiger partial charge < -0.3 is 10.1 Å². The summed E-state index contributed by atoms with van der Waals surface area (Å²) in [6.45, 7) is 8.84. The van der Waals surface area contributed by atoms with Crippen LogP contribution in [-0.4, -0.2) is 31.6 Å². The largest absolute Gasteiger partial charge is 0.496 e. The molecular weight excluding hydrogens is 248 g/mol. The highest BCUT2D eigenvalue weighted by Crippen LogP contribution is 2.22. The van der Waals surface area contributed by atoms with Crippen molar-refractivity contribution in [2.45, 2.75) is 32.4 Å². The second-order valence-electron chi connectivity index (χ2n) is 5.40. The Kier molecular flexibility index (Phi) is 6.09. The minimum absolute atomic E-state index is 0.818. The van der Waals surface area contributed by atoms with E-state index in [1.54, 1.807) is 7.11 Å². The number of rotatable bonds is 7. The van der Waals surface area contributed by atoms with Crippen LogP contribution in [0.15, 0.2) is 30.9 Å². The number of methoxy groups -OCH3 is 1. The Bertz CT molecular complexity index is 425. The Morgan fingerprint density at radius 1 is 1.30 bits per heavy atom. The summed E-state index contributed by atoms with van der Waals surface area (Å²) < 4.78 is 5.52. The van der Waals surface area contributed by atoms with E-state index in [0.717, 1.165) is 25.4 Å². The molecule has 110 valence electrons. The van der Waals surface area contributed by atoms with Gasteiger partial charge in [0.2, 0.25) is 0 Å². The molecule has 2 rings (SSSR count). The molecule has 1 aliphatic heterocycles. The van der Waals surface area contributed by atoms with Crippen LogP contribution < -0.4 is 10.1 Å². The zero-order valence-electron chi connectivity index (χ0n) is 12.5. The molecule has 3 heteroatoms. The Morgan fingerprint density at radius 3 is 2.80 bits per heavy atom. The van der Waals surface area contributed by atoms with Gasteiger partial charge in [-0.3, -0.25) is 4.90 Å². The van der Waals surface area contributed by atoms with Gasteiger partial charge in [-0.25, -0.2) is 0 Å². The van der Waals surface area contributed by atoms with Gasteiger partial charge in [-0.05, 0) is 37.6 Å². The van der Waals surface area contributed by atoms with Crippen LogP contribution in [0.3, 0.4) is 0 Å². The summed E-state index contributed by atoms with van der Waals surface area (Å²) in [7, 11) is 1.75. The van der Waals surface area contributed by atoms with Crippen LogP contribution in [0.4, 0.5) is 0 Å². The van der Waals surface area contributed by atoms with Crippen LogP contribution >= 0.6 is 0 Å². The molecule has 1 heterocycles. The van der Waals surface area contributed by atoms with Gasteiger partial charge in [-0.2, -0.15) is 0 Å². The topological polar surface area (TPSA) is 24.5 Å². The number of nitrogens with one attached hydrogen (secondary N) is 1. The lowest BCUT2D eigenvalue weighted by molar-refractivity contribution is 0.220. The molecule has 0 saturated carbocycles. The van der Waals surface area contributed by atoms with Crippen LogP contribution in [-0.2, 0) is 13.1 Å². The third-order valence-corrected chi connectivity index (χ3v) is 3.81. The van der Waals surface area contributed by atoms with Gasteiger partial charge in [0.05, 0.1) is 7.11 Å². The monoisotopic (exact) mass is 274 g/mol. The lowest BCUT2D eigenvalue weighted by Crippen LogP contribution is -2.29. The fourth-order valence-corrected chi connectivity index (χ4v) is 2.72. The predicted octanol–water partition coefficient (Wildman–Crippen LogP) is 2.96. The number of nitrogens with zero attached hydrogens (tertiary/aromatic N) is 1. The first-order valence-corrected chi connectivity index (χ1v) is 7.53. The predicted molar refractivity (Wildman–Crippen MR) is 84.0 cm³/mol. The van der Waals surface area contributed by atoms with Crippen molar-refractivity contribution in [3.05, 3.63) is 42.0 Å². The van der Waals surface area contributed by atoms with Gasteiger partial charge in [-0.1, -0.05) is 24.6 Å². The molecule has 0 unspecified atom stereocenters. The van der Waals surface area contributed by atoms with Crippen molar-refractivity contribution in [3.63, 3.8) is 0 Å². The van der Waals surface area contributed by atoms with Crippen LogP contribution in [0.1, 0.15) is 30.4 Å². The maximum atomic E-state index is 5.52. The number of benzene rings is 1. The summed E-state index contributed by atoms with van der Waals surface area (Å²) in [6.07, 6.45) is 5.92. The van der Waals surface area contributed by atoms with E-state index in [9.17, 15) is 0 Å². The molecule has 0 aromatic heterocycles. The quantitative estimate of drug-likeness (QED) is 0.611. The molecule has 1 aliphatic rings. The molecule has 1 saturated heterocycles. The van der Waals surface area contributed by atoms with Gasteiger partial charge >= 0.3 is 0 Å². The molecule has 1 aromatic rings. The Morgan fingerprint density at radius 2 is 2.10 bits per heavy atom. The van der Waals surface area contributed by atoms with E-state index in [-0.39, 0.29) is 0 Å². The van der Waals surface area contributed by atoms with Gasteiger partial charge in [0.1, 0.15) is 5.75 Å². The fraction of sp³-hybridized carbons (Fsp3) is 0.529. The number of piperidine rings is 1. The maximum absolute atomic E-state index is 5.52. The van der Waals surface area contributed by atoms with Gasteiger partial charge in [-0.15, -0.1) is 6.58 Å². The smallest absolute Gasteiger partial charge is 0.123 e. The number of likely N-dealkylation sites (tertiary alicyclic amines) is 1. The number of ether oxygens (including phenoxy) is 1. The Hall–Kier alpha value is -1.32. The molecular formula is C17H26N2O. The van der Waals surface area contributed by atoms with Crippen molar-refractivity contribution >= 4 is 0 Å². The van der Waals surface area contributed by atoms with Gasteiger partial charge in [0.25, 0.3) is 0 Å². The Balaban J connectivity index is 1.98. The van der Waals surface area contributed by atoms with E-state index < -0.39 is 0 Å². The van der Waals surface area contributed by atoms with Crippen molar-refractivity contribution in [1.29, 1.82) is 0 Å². The Labute approximate surface area is 122 Å². The van der Waals surface area contributed by atoms with Crippen molar-refractivity contribution in [1.82, 2.24) is 10.2 Å². The SMILES string of the molecule is C=CCNCc1ccc(CN2CCCCC2)cc1OC. The van der Waals surface area contributed by atoms with E-state index in [2.05, 4.69) is 35.0 Å². The molecule has 0 aliphatic carbocycles. The minimum atomic E-state index is 0.818. The van der Waals surface area contributed by atoms with E-state index in [1.165, 1.54) is 43.5 Å². The molecule has 20 heavy (non-hydrogen) atoms. The molecule has 0 spiro atoms. The third-order valence-electron chi connectivity index (χ3n) is 3.81. The molecule has 1 fully saturated rings. The summed E-state index contributed by atoms with van der Waals surface area (Å²) in [5.74, 6) is 0.982. The highest BCUT2D eigenvalue weighted by Gasteiger charge is 2.11.